The van der Waals surface area contributed by atoms with Crippen molar-refractivity contribution in [3.05, 3.63) is 103 Å². The zero-order valence-electron chi connectivity index (χ0n) is 15.9. The highest BCUT2D eigenvalue weighted by molar-refractivity contribution is 6.11. The Kier molecular flexibility index (Phi) is 4.54. The molecular weight excluding hydrogens is 374 g/mol. The van der Waals surface area contributed by atoms with Crippen LogP contribution in [0.4, 0.5) is 5.69 Å². The zero-order valence-corrected chi connectivity index (χ0v) is 15.9. The smallest absolute Gasteiger partial charge is 0.274 e. The van der Waals surface area contributed by atoms with Crippen LogP contribution in [0.15, 0.2) is 102 Å². The number of anilines is 1. The van der Waals surface area contributed by atoms with Crippen LogP contribution in [0, 0.1) is 0 Å². The minimum absolute atomic E-state index is 0.268. The van der Waals surface area contributed by atoms with Gasteiger partial charge in [0.05, 0.1) is 6.20 Å². The van der Waals surface area contributed by atoms with Crippen LogP contribution in [-0.4, -0.2) is 15.9 Å². The van der Waals surface area contributed by atoms with Crippen LogP contribution in [-0.2, 0) is 0 Å². The number of amides is 1. The fourth-order valence-electron chi connectivity index (χ4n) is 3.44. The number of aromatic nitrogens is 2. The van der Waals surface area contributed by atoms with Crippen LogP contribution in [0.5, 0.6) is 0 Å². The van der Waals surface area contributed by atoms with Crippen LogP contribution >= 0.6 is 0 Å². The summed E-state index contributed by atoms with van der Waals surface area (Å²) in [5, 5.41) is 4.82. The Morgan fingerprint density at radius 1 is 0.800 bits per heavy atom. The van der Waals surface area contributed by atoms with Gasteiger partial charge in [-0.1, -0.05) is 60.7 Å². The maximum Gasteiger partial charge on any atom is 0.274 e. The van der Waals surface area contributed by atoms with E-state index in [0.29, 0.717) is 23.0 Å². The maximum absolute atomic E-state index is 12.7. The van der Waals surface area contributed by atoms with E-state index in [1.807, 2.05) is 66.7 Å². The van der Waals surface area contributed by atoms with Gasteiger partial charge in [0.1, 0.15) is 5.69 Å². The first-order chi connectivity index (χ1) is 14.8. The lowest BCUT2D eigenvalue weighted by atomic mass is 10.0. The number of oxazole rings is 1. The van der Waals surface area contributed by atoms with Crippen LogP contribution in [0.1, 0.15) is 10.5 Å². The van der Waals surface area contributed by atoms with Gasteiger partial charge in [-0.05, 0) is 29.7 Å². The monoisotopic (exact) mass is 391 g/mol. The number of benzene rings is 3. The molecule has 3 aromatic carbocycles. The number of nitrogens with zero attached hydrogens (tertiary/aromatic N) is 2. The Hall–Kier alpha value is -4.25. The Labute approximate surface area is 173 Å². The molecule has 5 aromatic rings. The predicted molar refractivity (Wildman–Crippen MR) is 117 cm³/mol. The van der Waals surface area contributed by atoms with Crippen molar-refractivity contribution in [1.82, 2.24) is 9.97 Å². The van der Waals surface area contributed by atoms with Crippen molar-refractivity contribution >= 4 is 22.4 Å². The van der Waals surface area contributed by atoms with E-state index >= 15 is 0 Å². The molecule has 0 unspecified atom stereocenters. The number of nitrogens with one attached hydrogen (secondary N) is 1. The number of carbonyl (C=O) groups is 1. The largest absolute Gasteiger partial charge is 0.436 e. The number of pyridine rings is 1. The summed E-state index contributed by atoms with van der Waals surface area (Å²) in [5.41, 5.74) is 2.81. The molecule has 1 N–H and O–H groups in total. The highest BCUT2D eigenvalue weighted by atomic mass is 16.4. The van der Waals surface area contributed by atoms with Gasteiger partial charge in [-0.25, -0.2) is 4.98 Å². The van der Waals surface area contributed by atoms with Crippen molar-refractivity contribution < 1.29 is 9.21 Å². The van der Waals surface area contributed by atoms with Crippen LogP contribution in [0.3, 0.4) is 0 Å². The molecule has 0 fully saturated rings. The summed E-state index contributed by atoms with van der Waals surface area (Å²) in [7, 11) is 0. The third-order valence-electron chi connectivity index (χ3n) is 4.84. The SMILES string of the molecule is O=C(Nc1cccc2cccc(-c3ncc(-c4ccccc4)o3)c12)c1ccccn1. The van der Waals surface area contributed by atoms with Gasteiger partial charge >= 0.3 is 0 Å². The summed E-state index contributed by atoms with van der Waals surface area (Å²) in [4.78, 5) is 21.3. The molecule has 0 aliphatic heterocycles. The highest BCUT2D eigenvalue weighted by Crippen LogP contribution is 2.35. The van der Waals surface area contributed by atoms with Gasteiger partial charge in [0.15, 0.2) is 5.76 Å². The number of fused-ring (bicyclic) bond motifs is 1. The summed E-state index contributed by atoms with van der Waals surface area (Å²) < 4.78 is 6.07. The molecule has 30 heavy (non-hydrogen) atoms. The van der Waals surface area contributed by atoms with E-state index < -0.39 is 0 Å². The van der Waals surface area contributed by atoms with Crippen molar-refractivity contribution in [2.45, 2.75) is 0 Å². The van der Waals surface area contributed by atoms with Crippen LogP contribution in [0.25, 0.3) is 33.6 Å². The lowest BCUT2D eigenvalue weighted by molar-refractivity contribution is 0.102. The lowest BCUT2D eigenvalue weighted by Crippen LogP contribution is -2.13. The van der Waals surface area contributed by atoms with Crippen LogP contribution in [0.2, 0.25) is 0 Å². The van der Waals surface area contributed by atoms with E-state index in [-0.39, 0.29) is 5.91 Å². The van der Waals surface area contributed by atoms with Crippen molar-refractivity contribution in [1.29, 1.82) is 0 Å². The summed E-state index contributed by atoms with van der Waals surface area (Å²) in [6.07, 6.45) is 3.32. The van der Waals surface area contributed by atoms with Gasteiger partial charge < -0.3 is 9.73 Å². The van der Waals surface area contributed by atoms with Crippen molar-refractivity contribution in [2.75, 3.05) is 5.32 Å². The molecule has 5 rings (SSSR count). The Morgan fingerprint density at radius 2 is 1.60 bits per heavy atom. The molecule has 0 atom stereocenters. The first-order valence-corrected chi connectivity index (χ1v) is 9.55. The Morgan fingerprint density at radius 3 is 2.40 bits per heavy atom. The molecule has 0 aliphatic rings. The average Bonchev–Trinajstić information content (AvgIpc) is 3.30. The van der Waals surface area contributed by atoms with E-state index in [0.717, 1.165) is 21.9 Å². The molecule has 5 nitrogen and oxygen atoms in total. The fraction of sp³-hybridized carbons (Fsp3) is 0. The molecule has 0 saturated heterocycles. The number of hydrogen-bond acceptors (Lipinski definition) is 4. The second kappa shape index (κ2) is 7.64. The van der Waals surface area contributed by atoms with E-state index in [2.05, 4.69) is 15.3 Å². The number of hydrogen-bond donors (Lipinski definition) is 1. The van der Waals surface area contributed by atoms with E-state index in [1.54, 1.807) is 30.6 Å². The van der Waals surface area contributed by atoms with Crippen molar-refractivity contribution in [3.63, 3.8) is 0 Å². The Bertz CT molecular complexity index is 1320. The van der Waals surface area contributed by atoms with Crippen LogP contribution < -0.4 is 5.32 Å². The third-order valence-corrected chi connectivity index (χ3v) is 4.84. The zero-order chi connectivity index (χ0) is 20.3. The topological polar surface area (TPSA) is 68.0 Å². The quantitative estimate of drug-likeness (QED) is 0.420. The molecule has 2 aromatic heterocycles. The normalized spacial score (nSPS) is 10.8. The van der Waals surface area contributed by atoms with Gasteiger partial charge in [-0.15, -0.1) is 0 Å². The van der Waals surface area contributed by atoms with E-state index in [1.165, 1.54) is 0 Å². The summed E-state index contributed by atoms with van der Waals surface area (Å²) in [5.74, 6) is 0.923. The molecular formula is C25H17N3O2. The summed E-state index contributed by atoms with van der Waals surface area (Å²) in [6, 6.07) is 26.7. The maximum atomic E-state index is 12.7. The second-order valence-corrected chi connectivity index (χ2v) is 6.77. The fourth-order valence-corrected chi connectivity index (χ4v) is 3.44. The minimum atomic E-state index is -0.268. The van der Waals surface area contributed by atoms with E-state index in [9.17, 15) is 4.79 Å². The Balaban J connectivity index is 1.58. The summed E-state index contributed by atoms with van der Waals surface area (Å²) in [6.45, 7) is 0. The highest BCUT2D eigenvalue weighted by Gasteiger charge is 2.16. The van der Waals surface area contributed by atoms with Gasteiger partial charge in [0, 0.05) is 28.4 Å². The van der Waals surface area contributed by atoms with Crippen molar-refractivity contribution in [2.24, 2.45) is 0 Å². The minimum Gasteiger partial charge on any atom is -0.436 e. The van der Waals surface area contributed by atoms with Crippen molar-refractivity contribution in [3.8, 4) is 22.8 Å². The molecule has 0 spiro atoms. The molecule has 0 aliphatic carbocycles. The number of carbonyl (C=O) groups excluding carboxylic acids is 1. The van der Waals surface area contributed by atoms with Gasteiger partial charge in [0.25, 0.3) is 5.91 Å². The van der Waals surface area contributed by atoms with E-state index in [4.69, 9.17) is 4.42 Å². The first kappa shape index (κ1) is 17.8. The number of rotatable bonds is 4. The van der Waals surface area contributed by atoms with Gasteiger partial charge in [0.2, 0.25) is 5.89 Å². The molecule has 0 saturated carbocycles. The molecule has 0 bridgehead atoms. The molecule has 144 valence electrons. The lowest BCUT2D eigenvalue weighted by Gasteiger charge is -2.11. The van der Waals surface area contributed by atoms with Gasteiger partial charge in [-0.3, -0.25) is 9.78 Å². The molecule has 1 amide bonds. The average molecular weight is 391 g/mol. The standard InChI is InChI=1S/C25H17N3O2/c29-24(21-13-4-5-15-26-21)28-20-14-7-11-18-10-6-12-19(23(18)20)25-27-16-22(30-25)17-8-2-1-3-9-17/h1-16H,(H,28,29). The molecule has 5 heteroatoms. The van der Waals surface area contributed by atoms with Gasteiger partial charge in [-0.2, -0.15) is 0 Å². The first-order valence-electron chi connectivity index (χ1n) is 9.55. The molecule has 2 heterocycles. The second-order valence-electron chi connectivity index (χ2n) is 6.77. The third kappa shape index (κ3) is 3.33. The predicted octanol–water partition coefficient (Wildman–Crippen LogP) is 5.81. The summed E-state index contributed by atoms with van der Waals surface area (Å²) >= 11 is 0. The molecule has 0 radical (unpaired) electrons.